The van der Waals surface area contributed by atoms with E-state index in [0.717, 1.165) is 0 Å². The molecule has 0 aromatic carbocycles. The number of nitrogens with zero attached hydrogens (tertiary/aromatic N) is 2. The van der Waals surface area contributed by atoms with Crippen molar-refractivity contribution in [3.63, 3.8) is 0 Å². The van der Waals surface area contributed by atoms with Crippen molar-refractivity contribution in [3.05, 3.63) is 29.6 Å². The Kier molecular flexibility index (Phi) is 6.71. The third-order valence-corrected chi connectivity index (χ3v) is 2.88. The van der Waals surface area contributed by atoms with E-state index in [1.54, 1.807) is 30.3 Å². The molecule has 1 unspecified atom stereocenters. The first-order valence-corrected chi connectivity index (χ1v) is 6.59. The van der Waals surface area contributed by atoms with E-state index in [9.17, 15) is 4.79 Å². The zero-order valence-corrected chi connectivity index (χ0v) is 12.2. The van der Waals surface area contributed by atoms with Crippen LogP contribution in [-0.2, 0) is 4.74 Å². The van der Waals surface area contributed by atoms with Gasteiger partial charge in [-0.25, -0.2) is 4.98 Å². The fourth-order valence-electron chi connectivity index (χ4n) is 1.95. The van der Waals surface area contributed by atoms with Crippen LogP contribution in [0.15, 0.2) is 18.3 Å². The number of rotatable bonds is 5. The van der Waals surface area contributed by atoms with Gasteiger partial charge in [0.15, 0.2) is 0 Å². The van der Waals surface area contributed by atoms with E-state index in [1.165, 1.54) is 0 Å². The molecule has 2 N–H and O–H groups in total. The molecule has 108 valence electrons. The molecule has 0 radical (unpaired) electrons. The van der Waals surface area contributed by atoms with Gasteiger partial charge in [0.2, 0.25) is 0 Å². The second kappa shape index (κ2) is 8.31. The van der Waals surface area contributed by atoms with Gasteiger partial charge in [-0.1, -0.05) is 11.8 Å². The molecule has 0 fully saturated rings. The van der Waals surface area contributed by atoms with Crippen LogP contribution in [0, 0.1) is 11.8 Å². The van der Waals surface area contributed by atoms with Crippen molar-refractivity contribution in [2.24, 2.45) is 5.73 Å². The number of carbonyl (C=O) groups is 1. The van der Waals surface area contributed by atoms with E-state index >= 15 is 0 Å². The van der Waals surface area contributed by atoms with Crippen molar-refractivity contribution in [2.75, 3.05) is 26.8 Å². The normalized spacial score (nSPS) is 11.4. The Morgan fingerprint density at radius 3 is 2.95 bits per heavy atom. The van der Waals surface area contributed by atoms with Crippen molar-refractivity contribution in [2.45, 2.75) is 19.9 Å². The monoisotopic (exact) mass is 275 g/mol. The molecule has 20 heavy (non-hydrogen) atoms. The number of amides is 1. The highest BCUT2D eigenvalue weighted by atomic mass is 16.5. The summed E-state index contributed by atoms with van der Waals surface area (Å²) >= 11 is 0. The minimum atomic E-state index is -0.140. The van der Waals surface area contributed by atoms with Crippen LogP contribution in [0.5, 0.6) is 0 Å². The predicted octanol–water partition coefficient (Wildman–Crippen LogP) is 0.889. The van der Waals surface area contributed by atoms with Crippen molar-refractivity contribution in [1.82, 2.24) is 9.88 Å². The molecule has 1 amide bonds. The van der Waals surface area contributed by atoms with Gasteiger partial charge in [0.25, 0.3) is 5.91 Å². The van der Waals surface area contributed by atoms with E-state index in [4.69, 9.17) is 10.5 Å². The summed E-state index contributed by atoms with van der Waals surface area (Å²) in [6.45, 7) is 5.19. The van der Waals surface area contributed by atoms with Crippen LogP contribution in [0.3, 0.4) is 0 Å². The number of methoxy groups -OCH3 is 1. The van der Waals surface area contributed by atoms with Gasteiger partial charge in [0, 0.05) is 19.9 Å². The summed E-state index contributed by atoms with van der Waals surface area (Å²) in [6, 6.07) is 3.51. The maximum absolute atomic E-state index is 12.6. The number of aromatic nitrogens is 1. The molecule has 1 aromatic heterocycles. The van der Waals surface area contributed by atoms with Gasteiger partial charge >= 0.3 is 0 Å². The van der Waals surface area contributed by atoms with Crippen LogP contribution >= 0.6 is 0 Å². The Balaban J connectivity index is 3.06. The Morgan fingerprint density at radius 2 is 2.35 bits per heavy atom. The molecule has 1 aromatic rings. The molecular weight excluding hydrogens is 254 g/mol. The number of pyridine rings is 1. The predicted molar refractivity (Wildman–Crippen MR) is 78.2 cm³/mol. The van der Waals surface area contributed by atoms with Crippen LogP contribution < -0.4 is 5.73 Å². The lowest BCUT2D eigenvalue weighted by Crippen LogP contribution is -2.41. The summed E-state index contributed by atoms with van der Waals surface area (Å²) in [5, 5.41) is 0. The minimum Gasteiger partial charge on any atom is -0.383 e. The highest BCUT2D eigenvalue weighted by Gasteiger charge is 2.22. The molecule has 1 heterocycles. The van der Waals surface area contributed by atoms with E-state index in [0.29, 0.717) is 24.4 Å². The van der Waals surface area contributed by atoms with Crippen molar-refractivity contribution in [1.29, 1.82) is 0 Å². The summed E-state index contributed by atoms with van der Waals surface area (Å²) in [5.74, 6) is 5.50. The summed E-state index contributed by atoms with van der Waals surface area (Å²) in [5.41, 5.74) is 6.33. The lowest BCUT2D eigenvalue weighted by molar-refractivity contribution is 0.0573. The smallest absolute Gasteiger partial charge is 0.274 e. The van der Waals surface area contributed by atoms with Crippen LogP contribution in [0.4, 0.5) is 0 Å². The summed E-state index contributed by atoms with van der Waals surface area (Å²) in [7, 11) is 1.62. The fourth-order valence-corrected chi connectivity index (χ4v) is 1.95. The number of ether oxygens (including phenoxy) is 1. The van der Waals surface area contributed by atoms with Gasteiger partial charge in [-0.2, -0.15) is 0 Å². The number of carbonyl (C=O) groups excluding carboxylic acids is 1. The van der Waals surface area contributed by atoms with Crippen LogP contribution in [0.25, 0.3) is 0 Å². The lowest BCUT2D eigenvalue weighted by atomic mass is 10.1. The fraction of sp³-hybridized carbons (Fsp3) is 0.467. The first-order chi connectivity index (χ1) is 9.65. The molecule has 0 aliphatic carbocycles. The Labute approximate surface area is 120 Å². The van der Waals surface area contributed by atoms with E-state index < -0.39 is 0 Å². The van der Waals surface area contributed by atoms with Crippen molar-refractivity contribution in [3.8, 4) is 11.8 Å². The molecule has 0 saturated heterocycles. The number of nitrogens with two attached hydrogens (primary N) is 1. The summed E-state index contributed by atoms with van der Waals surface area (Å²) in [6.07, 6.45) is 1.59. The van der Waals surface area contributed by atoms with E-state index in [2.05, 4.69) is 16.8 Å². The molecule has 1 atom stereocenters. The third-order valence-electron chi connectivity index (χ3n) is 2.88. The number of hydrogen-bond donors (Lipinski definition) is 1. The lowest BCUT2D eigenvalue weighted by Gasteiger charge is -2.27. The van der Waals surface area contributed by atoms with Gasteiger partial charge in [-0.3, -0.25) is 4.79 Å². The summed E-state index contributed by atoms with van der Waals surface area (Å²) < 4.78 is 5.11. The quantitative estimate of drug-likeness (QED) is 0.810. The third kappa shape index (κ3) is 4.05. The van der Waals surface area contributed by atoms with Gasteiger partial charge in [0.1, 0.15) is 5.69 Å². The molecule has 1 rings (SSSR count). The maximum atomic E-state index is 12.6. The van der Waals surface area contributed by atoms with Gasteiger partial charge < -0.3 is 15.4 Å². The number of likely N-dealkylation sites (N-methyl/N-ethyl adjacent to an activating group) is 1. The molecule has 0 spiro atoms. The minimum absolute atomic E-state index is 0.0187. The summed E-state index contributed by atoms with van der Waals surface area (Å²) in [4.78, 5) is 18.5. The SMILES string of the molecule is CCN(C(=O)c1ncccc1C#CCN)C(C)COC. The average Bonchev–Trinajstić information content (AvgIpc) is 2.46. The van der Waals surface area contributed by atoms with Crippen molar-refractivity contribution < 1.29 is 9.53 Å². The average molecular weight is 275 g/mol. The molecule has 0 aliphatic rings. The largest absolute Gasteiger partial charge is 0.383 e. The van der Waals surface area contributed by atoms with Gasteiger partial charge in [-0.05, 0) is 26.0 Å². The van der Waals surface area contributed by atoms with Crippen LogP contribution in [-0.4, -0.2) is 48.6 Å². The molecule has 0 saturated carbocycles. The molecule has 0 bridgehead atoms. The number of hydrogen-bond acceptors (Lipinski definition) is 4. The first-order valence-electron chi connectivity index (χ1n) is 6.59. The van der Waals surface area contributed by atoms with Crippen LogP contribution in [0.2, 0.25) is 0 Å². The maximum Gasteiger partial charge on any atom is 0.274 e. The first kappa shape index (κ1) is 16.2. The highest BCUT2D eigenvalue weighted by molar-refractivity contribution is 5.95. The zero-order chi connectivity index (χ0) is 15.0. The Hall–Kier alpha value is -1.90. The van der Waals surface area contributed by atoms with Crippen LogP contribution in [0.1, 0.15) is 29.9 Å². The zero-order valence-electron chi connectivity index (χ0n) is 12.2. The molecule has 0 aliphatic heterocycles. The van der Waals surface area contributed by atoms with E-state index in [1.807, 2.05) is 13.8 Å². The molecular formula is C15H21N3O2. The topological polar surface area (TPSA) is 68.5 Å². The Bertz CT molecular complexity index is 505. The molecule has 5 nitrogen and oxygen atoms in total. The molecule has 5 heteroatoms. The second-order valence-electron chi connectivity index (χ2n) is 4.30. The van der Waals surface area contributed by atoms with Crippen molar-refractivity contribution >= 4 is 5.91 Å². The standard InChI is InChI=1S/C15H21N3O2/c1-4-18(12(2)11-20-3)15(19)14-13(7-5-9-16)8-6-10-17-14/h6,8,10,12H,4,9,11,16H2,1-3H3. The van der Waals surface area contributed by atoms with Gasteiger partial charge in [-0.15, -0.1) is 0 Å². The van der Waals surface area contributed by atoms with Gasteiger partial charge in [0.05, 0.1) is 24.8 Å². The highest BCUT2D eigenvalue weighted by Crippen LogP contribution is 2.11. The van der Waals surface area contributed by atoms with E-state index in [-0.39, 0.29) is 18.5 Å². The Morgan fingerprint density at radius 1 is 1.60 bits per heavy atom. The second-order valence-corrected chi connectivity index (χ2v) is 4.30.